The van der Waals surface area contributed by atoms with E-state index in [2.05, 4.69) is 10.2 Å². The van der Waals surface area contributed by atoms with Gasteiger partial charge in [-0.1, -0.05) is 12.1 Å². The van der Waals surface area contributed by atoms with E-state index < -0.39 is 0 Å². The number of methoxy groups -OCH3 is 1. The van der Waals surface area contributed by atoms with Crippen molar-refractivity contribution < 1.29 is 23.8 Å². The second kappa shape index (κ2) is 9.70. The summed E-state index contributed by atoms with van der Waals surface area (Å²) in [5.41, 5.74) is 1.54. The van der Waals surface area contributed by atoms with Gasteiger partial charge in [0.1, 0.15) is 5.75 Å². The summed E-state index contributed by atoms with van der Waals surface area (Å²) in [6.07, 6.45) is 0.398. The van der Waals surface area contributed by atoms with Crippen LogP contribution in [0.25, 0.3) is 0 Å². The van der Waals surface area contributed by atoms with Gasteiger partial charge in [-0.05, 0) is 35.9 Å². The first-order valence-corrected chi connectivity index (χ1v) is 10.4. The fraction of sp³-hybridized carbons (Fsp3) is 0.391. The molecule has 0 aromatic heterocycles. The van der Waals surface area contributed by atoms with Crippen molar-refractivity contribution in [1.29, 1.82) is 0 Å². The van der Waals surface area contributed by atoms with Crippen LogP contribution in [0, 0.1) is 0 Å². The lowest BCUT2D eigenvalue weighted by Gasteiger charge is -2.34. The average Bonchev–Trinajstić information content (AvgIpc) is 3.28. The van der Waals surface area contributed by atoms with Crippen LogP contribution in [0.4, 0.5) is 0 Å². The number of piperazine rings is 1. The van der Waals surface area contributed by atoms with Crippen molar-refractivity contribution in [2.45, 2.75) is 6.42 Å². The Balaban J connectivity index is 1.17. The van der Waals surface area contributed by atoms with Crippen molar-refractivity contribution in [3.63, 3.8) is 0 Å². The van der Waals surface area contributed by atoms with Gasteiger partial charge in [-0.3, -0.25) is 14.5 Å². The standard InChI is InChI=1S/C23H27N3O5/c1-29-19-5-2-17(3-6-19)14-22(27)26-12-10-25(11-13-26)9-8-24-23(28)18-4-7-20-21(15-18)31-16-30-20/h2-7,15H,8-14,16H2,1H3,(H,24,28). The number of nitrogens with zero attached hydrogens (tertiary/aromatic N) is 2. The van der Waals surface area contributed by atoms with E-state index in [4.69, 9.17) is 14.2 Å². The van der Waals surface area contributed by atoms with Crippen LogP contribution in [0.2, 0.25) is 0 Å². The van der Waals surface area contributed by atoms with Gasteiger partial charge in [-0.2, -0.15) is 0 Å². The molecule has 164 valence electrons. The first kappa shape index (κ1) is 21.0. The molecule has 0 bridgehead atoms. The van der Waals surface area contributed by atoms with Crippen molar-refractivity contribution in [3.8, 4) is 17.2 Å². The van der Waals surface area contributed by atoms with Crippen molar-refractivity contribution in [2.24, 2.45) is 0 Å². The predicted molar refractivity (Wildman–Crippen MR) is 115 cm³/mol. The largest absolute Gasteiger partial charge is 0.497 e. The quantitative estimate of drug-likeness (QED) is 0.725. The zero-order chi connectivity index (χ0) is 21.6. The maximum absolute atomic E-state index is 12.6. The van der Waals surface area contributed by atoms with Crippen molar-refractivity contribution in [2.75, 3.05) is 53.2 Å². The van der Waals surface area contributed by atoms with Crippen molar-refractivity contribution >= 4 is 11.8 Å². The second-order valence-corrected chi connectivity index (χ2v) is 7.57. The van der Waals surface area contributed by atoms with Crippen LogP contribution in [0.1, 0.15) is 15.9 Å². The van der Waals surface area contributed by atoms with Crippen molar-refractivity contribution in [3.05, 3.63) is 53.6 Å². The fourth-order valence-electron chi connectivity index (χ4n) is 3.72. The highest BCUT2D eigenvalue weighted by Crippen LogP contribution is 2.32. The minimum absolute atomic E-state index is 0.133. The molecule has 2 heterocycles. The first-order chi connectivity index (χ1) is 15.1. The number of amides is 2. The molecule has 4 rings (SSSR count). The second-order valence-electron chi connectivity index (χ2n) is 7.57. The maximum atomic E-state index is 12.6. The molecule has 1 N–H and O–H groups in total. The van der Waals surface area contributed by atoms with Gasteiger partial charge in [0.2, 0.25) is 12.7 Å². The van der Waals surface area contributed by atoms with Gasteiger partial charge in [-0.25, -0.2) is 0 Å². The Morgan fingerprint density at radius 1 is 1.00 bits per heavy atom. The number of carbonyl (C=O) groups is 2. The van der Waals surface area contributed by atoms with E-state index in [1.807, 2.05) is 29.2 Å². The zero-order valence-electron chi connectivity index (χ0n) is 17.6. The van der Waals surface area contributed by atoms with Gasteiger partial charge in [0, 0.05) is 44.8 Å². The summed E-state index contributed by atoms with van der Waals surface area (Å²) < 4.78 is 15.7. The SMILES string of the molecule is COc1ccc(CC(=O)N2CCN(CCNC(=O)c3ccc4c(c3)OCO4)CC2)cc1. The van der Waals surface area contributed by atoms with E-state index in [1.54, 1.807) is 25.3 Å². The lowest BCUT2D eigenvalue weighted by atomic mass is 10.1. The number of benzene rings is 2. The molecular weight excluding hydrogens is 398 g/mol. The average molecular weight is 425 g/mol. The molecule has 1 saturated heterocycles. The van der Waals surface area contributed by atoms with Crippen LogP contribution >= 0.6 is 0 Å². The molecule has 2 aliphatic heterocycles. The Kier molecular flexibility index (Phi) is 6.57. The molecule has 0 aliphatic carbocycles. The molecule has 2 aromatic carbocycles. The third kappa shape index (κ3) is 5.27. The Bertz CT molecular complexity index is 923. The molecule has 0 radical (unpaired) electrons. The number of hydrogen-bond donors (Lipinski definition) is 1. The van der Waals surface area contributed by atoms with E-state index in [9.17, 15) is 9.59 Å². The summed E-state index contributed by atoms with van der Waals surface area (Å²) in [6, 6.07) is 12.8. The lowest BCUT2D eigenvalue weighted by molar-refractivity contribution is -0.132. The summed E-state index contributed by atoms with van der Waals surface area (Å²) in [5.74, 6) is 2.06. The van der Waals surface area contributed by atoms with E-state index >= 15 is 0 Å². The summed E-state index contributed by atoms with van der Waals surface area (Å²) >= 11 is 0. The van der Waals surface area contributed by atoms with E-state index in [0.29, 0.717) is 43.1 Å². The van der Waals surface area contributed by atoms with Gasteiger partial charge in [-0.15, -0.1) is 0 Å². The van der Waals surface area contributed by atoms with Crippen LogP contribution in [0.3, 0.4) is 0 Å². The third-order valence-corrected chi connectivity index (χ3v) is 5.59. The van der Waals surface area contributed by atoms with Crippen molar-refractivity contribution in [1.82, 2.24) is 15.1 Å². The fourth-order valence-corrected chi connectivity index (χ4v) is 3.72. The topological polar surface area (TPSA) is 80.3 Å². The molecule has 8 nitrogen and oxygen atoms in total. The number of hydrogen-bond acceptors (Lipinski definition) is 6. The summed E-state index contributed by atoms with van der Waals surface area (Å²) in [6.45, 7) is 4.48. The van der Waals surface area contributed by atoms with Crippen LogP contribution in [-0.4, -0.2) is 74.8 Å². The Hall–Kier alpha value is -3.26. The maximum Gasteiger partial charge on any atom is 0.251 e. The highest BCUT2D eigenvalue weighted by molar-refractivity contribution is 5.94. The van der Waals surface area contributed by atoms with E-state index in [-0.39, 0.29) is 18.6 Å². The normalized spacial score (nSPS) is 15.6. The third-order valence-electron chi connectivity index (χ3n) is 5.59. The number of fused-ring (bicyclic) bond motifs is 1. The number of carbonyl (C=O) groups excluding carboxylic acids is 2. The van der Waals surface area contributed by atoms with Crippen LogP contribution in [0.5, 0.6) is 17.2 Å². The van der Waals surface area contributed by atoms with E-state index in [1.165, 1.54) is 0 Å². The zero-order valence-corrected chi connectivity index (χ0v) is 17.6. The molecule has 8 heteroatoms. The minimum atomic E-state index is -0.133. The van der Waals surface area contributed by atoms with Gasteiger partial charge >= 0.3 is 0 Å². The van der Waals surface area contributed by atoms with Gasteiger partial charge < -0.3 is 24.4 Å². The monoisotopic (exact) mass is 425 g/mol. The molecule has 0 atom stereocenters. The summed E-state index contributed by atoms with van der Waals surface area (Å²) in [5, 5.41) is 2.95. The first-order valence-electron chi connectivity index (χ1n) is 10.4. The lowest BCUT2D eigenvalue weighted by Crippen LogP contribution is -2.50. The molecule has 0 saturated carbocycles. The van der Waals surface area contributed by atoms with Gasteiger partial charge in [0.05, 0.1) is 13.5 Å². The molecule has 0 unspecified atom stereocenters. The molecule has 2 amide bonds. The number of ether oxygens (including phenoxy) is 3. The molecule has 2 aliphatic rings. The highest BCUT2D eigenvalue weighted by Gasteiger charge is 2.21. The molecule has 2 aromatic rings. The molecule has 0 spiro atoms. The predicted octanol–water partition coefficient (Wildman–Crippen LogP) is 1.54. The number of rotatable bonds is 7. The van der Waals surface area contributed by atoms with Crippen LogP contribution in [0.15, 0.2) is 42.5 Å². The van der Waals surface area contributed by atoms with E-state index in [0.717, 1.165) is 30.9 Å². The minimum Gasteiger partial charge on any atom is -0.497 e. The molecule has 1 fully saturated rings. The Morgan fingerprint density at radius 2 is 1.74 bits per heavy atom. The van der Waals surface area contributed by atoms with Gasteiger partial charge in [0.15, 0.2) is 11.5 Å². The summed E-state index contributed by atoms with van der Waals surface area (Å²) in [7, 11) is 1.63. The molecule has 31 heavy (non-hydrogen) atoms. The summed E-state index contributed by atoms with van der Waals surface area (Å²) in [4.78, 5) is 29.1. The Labute approximate surface area is 181 Å². The Morgan fingerprint density at radius 3 is 2.48 bits per heavy atom. The number of nitrogens with one attached hydrogen (secondary N) is 1. The van der Waals surface area contributed by atoms with Crippen LogP contribution in [-0.2, 0) is 11.2 Å². The molecular formula is C23H27N3O5. The van der Waals surface area contributed by atoms with Gasteiger partial charge in [0.25, 0.3) is 5.91 Å². The van der Waals surface area contributed by atoms with Crippen LogP contribution < -0.4 is 19.5 Å². The highest BCUT2D eigenvalue weighted by atomic mass is 16.7. The smallest absolute Gasteiger partial charge is 0.251 e.